The van der Waals surface area contributed by atoms with E-state index < -0.39 is 34.3 Å². The molecule has 1 aliphatic heterocycles. The van der Waals surface area contributed by atoms with E-state index in [9.17, 15) is 26.4 Å². The lowest BCUT2D eigenvalue weighted by molar-refractivity contribution is -0.137. The summed E-state index contributed by atoms with van der Waals surface area (Å²) in [5, 5.41) is 2.23. The molecule has 1 saturated heterocycles. The van der Waals surface area contributed by atoms with E-state index in [0.29, 0.717) is 18.8 Å². The van der Waals surface area contributed by atoms with Crippen LogP contribution in [-0.4, -0.2) is 51.5 Å². The third kappa shape index (κ3) is 5.71. The summed E-state index contributed by atoms with van der Waals surface area (Å²) in [6.07, 6.45) is -4.58. The maximum atomic E-state index is 12.9. The summed E-state index contributed by atoms with van der Waals surface area (Å²) < 4.78 is 75.9. The molecule has 3 rings (SSSR count). The molecule has 1 aliphatic rings. The molecule has 1 N–H and O–H groups in total. The van der Waals surface area contributed by atoms with Crippen LogP contribution in [0.3, 0.4) is 0 Å². The van der Waals surface area contributed by atoms with Gasteiger partial charge in [0.1, 0.15) is 5.75 Å². The number of halogens is 4. The summed E-state index contributed by atoms with van der Waals surface area (Å²) in [7, 11) is -3.68. The third-order valence-electron chi connectivity index (χ3n) is 4.68. The quantitative estimate of drug-likeness (QED) is 0.664. The number of hydrogen-bond donors (Lipinski definition) is 1. The van der Waals surface area contributed by atoms with Crippen molar-refractivity contribution in [2.75, 3.05) is 38.2 Å². The maximum absolute atomic E-state index is 12.9. The molecule has 0 saturated carbocycles. The molecule has 174 valence electrons. The Balaban J connectivity index is 1.65. The first-order valence-electron chi connectivity index (χ1n) is 9.46. The van der Waals surface area contributed by atoms with E-state index >= 15 is 0 Å². The summed E-state index contributed by atoms with van der Waals surface area (Å²) >= 11 is 5.87. The van der Waals surface area contributed by atoms with Gasteiger partial charge in [-0.3, -0.25) is 4.79 Å². The van der Waals surface area contributed by atoms with Gasteiger partial charge >= 0.3 is 6.18 Å². The number of morpholine rings is 1. The van der Waals surface area contributed by atoms with Gasteiger partial charge in [-0.05, 0) is 48.9 Å². The van der Waals surface area contributed by atoms with Gasteiger partial charge in [0, 0.05) is 13.1 Å². The van der Waals surface area contributed by atoms with Crippen LogP contribution in [0.5, 0.6) is 5.75 Å². The van der Waals surface area contributed by atoms with Gasteiger partial charge in [-0.15, -0.1) is 0 Å². The van der Waals surface area contributed by atoms with E-state index in [1.54, 1.807) is 6.92 Å². The van der Waals surface area contributed by atoms with Crippen LogP contribution in [0.4, 0.5) is 18.9 Å². The summed E-state index contributed by atoms with van der Waals surface area (Å²) in [5.41, 5.74) is -0.672. The number of amides is 1. The Hall–Kier alpha value is -2.34. The first-order chi connectivity index (χ1) is 15.0. The highest BCUT2D eigenvalue weighted by molar-refractivity contribution is 7.89. The van der Waals surface area contributed by atoms with Crippen LogP contribution in [-0.2, 0) is 25.7 Å². The second-order valence-electron chi connectivity index (χ2n) is 6.97. The molecule has 0 aromatic heterocycles. The van der Waals surface area contributed by atoms with Gasteiger partial charge in [0.25, 0.3) is 5.91 Å². The predicted octanol–water partition coefficient (Wildman–Crippen LogP) is 3.71. The lowest BCUT2D eigenvalue weighted by Crippen LogP contribution is -2.40. The fraction of sp³-hybridized carbons (Fsp3) is 0.350. The monoisotopic (exact) mass is 492 g/mol. The molecule has 0 spiro atoms. The minimum absolute atomic E-state index is 0.0554. The van der Waals surface area contributed by atoms with Gasteiger partial charge in [0.15, 0.2) is 6.61 Å². The predicted molar refractivity (Wildman–Crippen MR) is 111 cm³/mol. The molecular formula is C20H20ClF3N2O5S. The Morgan fingerprint density at radius 2 is 1.88 bits per heavy atom. The zero-order valence-corrected chi connectivity index (χ0v) is 18.5. The minimum Gasteiger partial charge on any atom is -0.483 e. The number of nitrogens with zero attached hydrogens (tertiary/aromatic N) is 1. The molecule has 32 heavy (non-hydrogen) atoms. The van der Waals surface area contributed by atoms with Crippen LogP contribution < -0.4 is 10.1 Å². The Kier molecular flexibility index (Phi) is 7.33. The van der Waals surface area contributed by atoms with E-state index in [2.05, 4.69) is 5.32 Å². The first-order valence-corrected chi connectivity index (χ1v) is 11.3. The zero-order valence-electron chi connectivity index (χ0n) is 16.9. The van der Waals surface area contributed by atoms with Crippen molar-refractivity contribution in [1.29, 1.82) is 0 Å². The first kappa shape index (κ1) is 24.3. The fourth-order valence-corrected chi connectivity index (χ4v) is 4.67. The van der Waals surface area contributed by atoms with Crippen molar-refractivity contribution in [2.45, 2.75) is 18.0 Å². The molecule has 2 aromatic carbocycles. The van der Waals surface area contributed by atoms with E-state index in [0.717, 1.165) is 18.2 Å². The lowest BCUT2D eigenvalue weighted by atomic mass is 10.2. The smallest absolute Gasteiger partial charge is 0.416 e. The van der Waals surface area contributed by atoms with Crippen molar-refractivity contribution >= 4 is 33.2 Å². The number of ether oxygens (including phenoxy) is 2. The second kappa shape index (κ2) is 9.65. The van der Waals surface area contributed by atoms with Crippen LogP contribution >= 0.6 is 11.6 Å². The summed E-state index contributed by atoms with van der Waals surface area (Å²) in [6.45, 7) is 2.28. The summed E-state index contributed by atoms with van der Waals surface area (Å²) in [5.74, 6) is -0.466. The molecule has 1 amide bonds. The number of rotatable bonds is 6. The van der Waals surface area contributed by atoms with Gasteiger partial charge < -0.3 is 14.8 Å². The fourth-order valence-electron chi connectivity index (χ4n) is 3.01. The van der Waals surface area contributed by atoms with Crippen molar-refractivity contribution in [2.24, 2.45) is 0 Å². The molecule has 12 heteroatoms. The number of carbonyl (C=O) groups excluding carboxylic acids is 1. The van der Waals surface area contributed by atoms with E-state index in [4.69, 9.17) is 21.1 Å². The maximum Gasteiger partial charge on any atom is 0.416 e. The second-order valence-corrected chi connectivity index (χ2v) is 9.32. The molecular weight excluding hydrogens is 473 g/mol. The molecule has 1 fully saturated rings. The van der Waals surface area contributed by atoms with Crippen molar-refractivity contribution < 1.29 is 35.9 Å². The van der Waals surface area contributed by atoms with Crippen molar-refractivity contribution in [1.82, 2.24) is 4.31 Å². The standard InChI is InChI=1S/C20H20ClF3N2O5S/c1-13-10-15(32(28,29)26-6-8-30-9-7-26)3-5-18(13)31-12-19(27)25-17-11-14(20(22,23)24)2-4-16(17)21/h2-5,10-11H,6-9,12H2,1H3,(H,25,27). The number of nitrogens with one attached hydrogen (secondary N) is 1. The van der Waals surface area contributed by atoms with Crippen LogP contribution in [0.25, 0.3) is 0 Å². The van der Waals surface area contributed by atoms with Crippen LogP contribution in [0.15, 0.2) is 41.3 Å². The zero-order chi connectivity index (χ0) is 23.5. The highest BCUT2D eigenvalue weighted by Crippen LogP contribution is 2.34. The average Bonchev–Trinajstić information content (AvgIpc) is 2.74. The third-order valence-corrected chi connectivity index (χ3v) is 6.90. The van der Waals surface area contributed by atoms with Crippen molar-refractivity contribution in [3.05, 3.63) is 52.5 Å². The molecule has 2 aromatic rings. The molecule has 0 aliphatic carbocycles. The molecule has 7 nitrogen and oxygen atoms in total. The van der Waals surface area contributed by atoms with Gasteiger partial charge in [-0.1, -0.05) is 11.6 Å². The number of benzene rings is 2. The lowest BCUT2D eigenvalue weighted by Gasteiger charge is -2.26. The van der Waals surface area contributed by atoms with Gasteiger partial charge in [0.05, 0.1) is 34.4 Å². The molecule has 0 bridgehead atoms. The van der Waals surface area contributed by atoms with Crippen LogP contribution in [0.1, 0.15) is 11.1 Å². The number of hydrogen-bond acceptors (Lipinski definition) is 5. The molecule has 0 radical (unpaired) electrons. The van der Waals surface area contributed by atoms with Gasteiger partial charge in [-0.2, -0.15) is 17.5 Å². The number of aryl methyl sites for hydroxylation is 1. The van der Waals surface area contributed by atoms with Gasteiger partial charge in [-0.25, -0.2) is 8.42 Å². The topological polar surface area (TPSA) is 84.9 Å². The number of anilines is 1. The Morgan fingerprint density at radius 1 is 1.19 bits per heavy atom. The summed E-state index contributed by atoms with van der Waals surface area (Å²) in [4.78, 5) is 12.2. The molecule has 0 atom stereocenters. The van der Waals surface area contributed by atoms with Crippen LogP contribution in [0.2, 0.25) is 5.02 Å². The largest absolute Gasteiger partial charge is 0.483 e. The van der Waals surface area contributed by atoms with E-state index in [-0.39, 0.29) is 34.4 Å². The number of sulfonamides is 1. The Morgan fingerprint density at radius 3 is 2.50 bits per heavy atom. The van der Waals surface area contributed by atoms with Gasteiger partial charge in [0.2, 0.25) is 10.0 Å². The van der Waals surface area contributed by atoms with Crippen LogP contribution in [0, 0.1) is 6.92 Å². The number of alkyl halides is 3. The van der Waals surface area contributed by atoms with E-state index in [1.807, 2.05) is 0 Å². The highest BCUT2D eigenvalue weighted by Gasteiger charge is 2.31. The molecule has 0 unspecified atom stereocenters. The minimum atomic E-state index is -4.58. The van der Waals surface area contributed by atoms with Crippen molar-refractivity contribution in [3.63, 3.8) is 0 Å². The Bertz CT molecular complexity index is 1100. The number of carbonyl (C=O) groups is 1. The SMILES string of the molecule is Cc1cc(S(=O)(=O)N2CCOCC2)ccc1OCC(=O)Nc1cc(C(F)(F)F)ccc1Cl. The van der Waals surface area contributed by atoms with E-state index in [1.165, 1.54) is 22.5 Å². The average molecular weight is 493 g/mol. The molecule has 1 heterocycles. The Labute approximate surface area is 188 Å². The summed E-state index contributed by atoms with van der Waals surface area (Å²) in [6, 6.07) is 6.81. The van der Waals surface area contributed by atoms with Crippen molar-refractivity contribution in [3.8, 4) is 5.75 Å². The normalized spacial score (nSPS) is 15.4. The highest BCUT2D eigenvalue weighted by atomic mass is 35.5.